The summed E-state index contributed by atoms with van der Waals surface area (Å²) < 4.78 is 37.0. The molecule has 0 spiro atoms. The Morgan fingerprint density at radius 3 is 2.68 bits per heavy atom. The molecule has 142 valence electrons. The maximum Gasteiger partial charge on any atom is 0.227 e. The van der Waals surface area contributed by atoms with Crippen LogP contribution in [-0.4, -0.2) is 68.6 Å². The third kappa shape index (κ3) is 4.81. The molecule has 8 heteroatoms. The van der Waals surface area contributed by atoms with Gasteiger partial charge in [0.1, 0.15) is 0 Å². The van der Waals surface area contributed by atoms with Crippen LogP contribution >= 0.6 is 0 Å². The summed E-state index contributed by atoms with van der Waals surface area (Å²) in [5, 5.41) is 0.160. The summed E-state index contributed by atoms with van der Waals surface area (Å²) in [5.41, 5.74) is 0.959. The van der Waals surface area contributed by atoms with E-state index in [9.17, 15) is 8.42 Å². The molecule has 0 N–H and O–H groups in total. The number of hydrogen-bond acceptors (Lipinski definition) is 6. The molecule has 0 bridgehead atoms. The lowest BCUT2D eigenvalue weighted by atomic mass is 9.98. The largest absolute Gasteiger partial charge is 0.384 e. The van der Waals surface area contributed by atoms with Crippen LogP contribution in [0.25, 0.3) is 0 Å². The van der Waals surface area contributed by atoms with E-state index in [4.69, 9.17) is 9.47 Å². The molecule has 2 aliphatic rings. The lowest BCUT2D eigenvalue weighted by Gasteiger charge is -2.31. The smallest absolute Gasteiger partial charge is 0.227 e. The van der Waals surface area contributed by atoms with Gasteiger partial charge in [0, 0.05) is 33.1 Å². The normalized spacial score (nSPS) is 23.4. The Labute approximate surface area is 150 Å². The fourth-order valence-electron chi connectivity index (χ4n) is 3.78. The van der Waals surface area contributed by atoms with Crippen LogP contribution < -0.4 is 0 Å². The molecule has 0 amide bonds. The zero-order valence-electron chi connectivity index (χ0n) is 15.2. The molecular weight excluding hydrogens is 342 g/mol. The molecular formula is C17H29N3O4S. The van der Waals surface area contributed by atoms with Gasteiger partial charge in [-0.2, -0.15) is 0 Å². The first-order valence-electron chi connectivity index (χ1n) is 9.04. The zero-order valence-corrected chi connectivity index (χ0v) is 16.0. The van der Waals surface area contributed by atoms with E-state index in [1.54, 1.807) is 13.3 Å². The van der Waals surface area contributed by atoms with Gasteiger partial charge < -0.3 is 14.0 Å². The summed E-state index contributed by atoms with van der Waals surface area (Å²) in [6.45, 7) is 4.90. The monoisotopic (exact) mass is 371 g/mol. The topological polar surface area (TPSA) is 73.7 Å². The molecule has 2 fully saturated rings. The summed E-state index contributed by atoms with van der Waals surface area (Å²) in [7, 11) is -1.60. The molecule has 1 atom stereocenters. The molecule has 2 aliphatic heterocycles. The number of hydrogen-bond donors (Lipinski definition) is 0. The van der Waals surface area contributed by atoms with Gasteiger partial charge in [0.2, 0.25) is 15.0 Å². The first-order chi connectivity index (χ1) is 12.0. The molecule has 0 saturated carbocycles. The van der Waals surface area contributed by atoms with Crippen LogP contribution in [0.15, 0.2) is 11.4 Å². The van der Waals surface area contributed by atoms with Crippen molar-refractivity contribution >= 4 is 9.84 Å². The molecule has 3 rings (SSSR count). The predicted molar refractivity (Wildman–Crippen MR) is 94.2 cm³/mol. The Kier molecular flexibility index (Phi) is 6.14. The second-order valence-corrected chi connectivity index (χ2v) is 9.13. The van der Waals surface area contributed by atoms with E-state index >= 15 is 0 Å². The first kappa shape index (κ1) is 18.8. The van der Waals surface area contributed by atoms with Gasteiger partial charge in [-0.25, -0.2) is 13.4 Å². The maximum atomic E-state index is 12.1. The van der Waals surface area contributed by atoms with Crippen LogP contribution in [0, 0.1) is 5.92 Å². The van der Waals surface area contributed by atoms with E-state index in [-0.39, 0.29) is 11.3 Å². The third-order valence-corrected chi connectivity index (χ3v) is 6.13. The Morgan fingerprint density at radius 2 is 2.08 bits per heavy atom. The number of nitrogens with zero attached hydrogens (tertiary/aromatic N) is 3. The maximum absolute atomic E-state index is 12.1. The number of ether oxygens (including phenoxy) is 2. The number of imidazole rings is 1. The molecule has 3 heterocycles. The van der Waals surface area contributed by atoms with Gasteiger partial charge in [-0.3, -0.25) is 4.90 Å². The highest BCUT2D eigenvalue weighted by molar-refractivity contribution is 7.90. The molecule has 1 unspecified atom stereocenters. The van der Waals surface area contributed by atoms with E-state index in [2.05, 4.69) is 9.88 Å². The molecule has 1 aromatic rings. The average molecular weight is 372 g/mol. The van der Waals surface area contributed by atoms with Crippen molar-refractivity contribution in [1.29, 1.82) is 0 Å². The quantitative estimate of drug-likeness (QED) is 0.720. The van der Waals surface area contributed by atoms with E-state index in [0.29, 0.717) is 12.5 Å². The zero-order chi connectivity index (χ0) is 17.9. The highest BCUT2D eigenvalue weighted by Gasteiger charge is 2.26. The van der Waals surface area contributed by atoms with Gasteiger partial charge in [0.15, 0.2) is 0 Å². The highest BCUT2D eigenvalue weighted by atomic mass is 32.2. The number of aromatic nitrogens is 2. The molecule has 0 aliphatic carbocycles. The van der Waals surface area contributed by atoms with E-state index in [0.717, 1.165) is 64.2 Å². The molecule has 2 saturated heterocycles. The minimum atomic E-state index is -3.35. The highest BCUT2D eigenvalue weighted by Crippen LogP contribution is 2.22. The third-order valence-electron chi connectivity index (χ3n) is 5.14. The number of piperidine rings is 1. The Morgan fingerprint density at radius 1 is 1.32 bits per heavy atom. The number of rotatable bonds is 7. The van der Waals surface area contributed by atoms with Crippen LogP contribution in [0.3, 0.4) is 0 Å². The first-order valence-corrected chi connectivity index (χ1v) is 10.9. The van der Waals surface area contributed by atoms with Crippen LogP contribution in [0.4, 0.5) is 0 Å². The van der Waals surface area contributed by atoms with Crippen molar-refractivity contribution < 1.29 is 17.9 Å². The average Bonchev–Trinajstić information content (AvgIpc) is 3.20. The summed E-state index contributed by atoms with van der Waals surface area (Å²) >= 11 is 0. The summed E-state index contributed by atoms with van der Waals surface area (Å²) in [6.07, 6.45) is 7.27. The van der Waals surface area contributed by atoms with Crippen molar-refractivity contribution in [2.45, 2.75) is 50.0 Å². The standard InChI is InChI=1S/C17H29N3O4S/c1-23-13-14-5-7-19(8-6-14)11-15-10-18-17(25(2,21)22)20(15)12-16-4-3-9-24-16/h10,14,16H,3-9,11-13H2,1-2H3. The fourth-order valence-corrected chi connectivity index (χ4v) is 4.61. The van der Waals surface area contributed by atoms with Crippen molar-refractivity contribution in [1.82, 2.24) is 14.5 Å². The van der Waals surface area contributed by atoms with Gasteiger partial charge in [0.25, 0.3) is 0 Å². The molecule has 0 aromatic carbocycles. The molecule has 7 nitrogen and oxygen atoms in total. The number of likely N-dealkylation sites (tertiary alicyclic amines) is 1. The van der Waals surface area contributed by atoms with E-state index < -0.39 is 9.84 Å². The molecule has 1 aromatic heterocycles. The van der Waals surface area contributed by atoms with Crippen molar-refractivity contribution in [3.8, 4) is 0 Å². The second-order valence-electron chi connectivity index (χ2n) is 7.22. The summed E-state index contributed by atoms with van der Waals surface area (Å²) in [6, 6.07) is 0. The minimum Gasteiger partial charge on any atom is -0.384 e. The van der Waals surface area contributed by atoms with Crippen LogP contribution in [0.2, 0.25) is 0 Å². The minimum absolute atomic E-state index is 0.0842. The van der Waals surface area contributed by atoms with Crippen molar-refractivity contribution in [2.24, 2.45) is 5.92 Å². The second kappa shape index (κ2) is 8.16. The van der Waals surface area contributed by atoms with Crippen LogP contribution in [0.1, 0.15) is 31.4 Å². The van der Waals surface area contributed by atoms with Gasteiger partial charge in [0.05, 0.1) is 24.5 Å². The van der Waals surface area contributed by atoms with Gasteiger partial charge in [-0.15, -0.1) is 0 Å². The van der Waals surface area contributed by atoms with E-state index in [1.165, 1.54) is 6.26 Å². The fraction of sp³-hybridized carbons (Fsp3) is 0.824. The van der Waals surface area contributed by atoms with E-state index in [1.807, 2.05) is 4.57 Å². The Balaban J connectivity index is 1.71. The summed E-state index contributed by atoms with van der Waals surface area (Å²) in [5.74, 6) is 0.629. The Hall–Kier alpha value is -0.960. The van der Waals surface area contributed by atoms with Crippen molar-refractivity contribution in [2.75, 3.05) is 39.7 Å². The summed E-state index contributed by atoms with van der Waals surface area (Å²) in [4.78, 5) is 6.59. The van der Waals surface area contributed by atoms with Gasteiger partial charge in [-0.05, 0) is 44.7 Å². The molecule has 25 heavy (non-hydrogen) atoms. The number of methoxy groups -OCH3 is 1. The van der Waals surface area contributed by atoms with Crippen LogP contribution in [0.5, 0.6) is 0 Å². The van der Waals surface area contributed by atoms with Crippen molar-refractivity contribution in [3.63, 3.8) is 0 Å². The van der Waals surface area contributed by atoms with Crippen molar-refractivity contribution in [3.05, 3.63) is 11.9 Å². The van der Waals surface area contributed by atoms with Gasteiger partial charge in [-0.1, -0.05) is 0 Å². The van der Waals surface area contributed by atoms with Gasteiger partial charge >= 0.3 is 0 Å². The lowest BCUT2D eigenvalue weighted by Crippen LogP contribution is -2.35. The van der Waals surface area contributed by atoms with Crippen LogP contribution in [-0.2, 0) is 32.4 Å². The predicted octanol–water partition coefficient (Wildman–Crippen LogP) is 1.32. The number of sulfone groups is 1. The molecule has 0 radical (unpaired) electrons. The Bertz CT molecular complexity index is 659. The SMILES string of the molecule is COCC1CCN(Cc2cnc(S(C)(=O)=O)n2CC2CCCO2)CC1. The lowest BCUT2D eigenvalue weighted by molar-refractivity contribution is 0.0878.